The zero-order valence-electron chi connectivity index (χ0n) is 14.9. The van der Waals surface area contributed by atoms with E-state index in [0.717, 1.165) is 31.7 Å². The molecule has 0 saturated carbocycles. The highest BCUT2D eigenvalue weighted by atomic mass is 16.5. The standard InChI is InChI=1S/C19H28N2O3/c1-20(2)13-7-11-18(22)21-14-8-12-19(15-21,23-3)16-24-17-9-5-4-6-10-17/h4-7,9-11H,8,12-16H2,1-3H3. The monoisotopic (exact) mass is 332 g/mol. The summed E-state index contributed by atoms with van der Waals surface area (Å²) in [7, 11) is 5.66. The van der Waals surface area contributed by atoms with Gasteiger partial charge in [-0.05, 0) is 39.1 Å². The number of para-hydroxylation sites is 1. The molecule has 1 aliphatic heterocycles. The van der Waals surface area contributed by atoms with E-state index in [1.807, 2.05) is 60.3 Å². The zero-order valence-corrected chi connectivity index (χ0v) is 14.9. The number of carbonyl (C=O) groups excluding carboxylic acids is 1. The maximum absolute atomic E-state index is 12.4. The quantitative estimate of drug-likeness (QED) is 0.718. The topological polar surface area (TPSA) is 42.0 Å². The Morgan fingerprint density at radius 1 is 1.33 bits per heavy atom. The molecule has 0 aliphatic carbocycles. The van der Waals surface area contributed by atoms with Gasteiger partial charge in [-0.25, -0.2) is 0 Å². The van der Waals surface area contributed by atoms with E-state index in [2.05, 4.69) is 0 Å². The van der Waals surface area contributed by atoms with Gasteiger partial charge in [-0.15, -0.1) is 0 Å². The summed E-state index contributed by atoms with van der Waals surface area (Å²) in [6.45, 7) is 2.52. The molecule has 0 radical (unpaired) electrons. The maximum atomic E-state index is 12.4. The number of ether oxygens (including phenoxy) is 2. The normalized spacial score (nSPS) is 21.4. The first-order valence-electron chi connectivity index (χ1n) is 8.38. The number of hydrogen-bond donors (Lipinski definition) is 0. The van der Waals surface area contributed by atoms with Gasteiger partial charge in [0.1, 0.15) is 18.0 Å². The van der Waals surface area contributed by atoms with Crippen LogP contribution in [0.15, 0.2) is 42.5 Å². The third-order valence-electron chi connectivity index (χ3n) is 4.26. The van der Waals surface area contributed by atoms with Crippen LogP contribution in [-0.4, -0.2) is 68.8 Å². The van der Waals surface area contributed by atoms with Crippen molar-refractivity contribution >= 4 is 5.91 Å². The van der Waals surface area contributed by atoms with E-state index < -0.39 is 5.60 Å². The van der Waals surface area contributed by atoms with Crippen molar-refractivity contribution in [2.45, 2.75) is 18.4 Å². The number of piperidine rings is 1. The average molecular weight is 332 g/mol. The van der Waals surface area contributed by atoms with Gasteiger partial charge >= 0.3 is 0 Å². The molecule has 0 N–H and O–H groups in total. The predicted molar refractivity (Wildman–Crippen MR) is 95.2 cm³/mol. The molecule has 2 rings (SSSR count). The van der Waals surface area contributed by atoms with Crippen molar-refractivity contribution in [3.05, 3.63) is 42.5 Å². The summed E-state index contributed by atoms with van der Waals surface area (Å²) in [6.07, 6.45) is 5.36. The van der Waals surface area contributed by atoms with Crippen LogP contribution < -0.4 is 4.74 Å². The van der Waals surface area contributed by atoms with Crippen molar-refractivity contribution in [3.63, 3.8) is 0 Å². The molecule has 1 unspecified atom stereocenters. The number of amides is 1. The molecule has 1 aliphatic rings. The molecule has 0 spiro atoms. The van der Waals surface area contributed by atoms with Crippen molar-refractivity contribution < 1.29 is 14.3 Å². The van der Waals surface area contributed by atoms with Crippen LogP contribution in [0.2, 0.25) is 0 Å². The second-order valence-electron chi connectivity index (χ2n) is 6.52. The van der Waals surface area contributed by atoms with Crippen LogP contribution in [0.3, 0.4) is 0 Å². The number of rotatable bonds is 7. The molecule has 1 atom stereocenters. The smallest absolute Gasteiger partial charge is 0.246 e. The predicted octanol–water partition coefficient (Wildman–Crippen LogP) is 2.19. The minimum atomic E-state index is -0.445. The molecule has 1 amide bonds. The Morgan fingerprint density at radius 2 is 2.08 bits per heavy atom. The van der Waals surface area contributed by atoms with Crippen LogP contribution in [-0.2, 0) is 9.53 Å². The van der Waals surface area contributed by atoms with E-state index in [0.29, 0.717) is 13.2 Å². The third kappa shape index (κ3) is 5.35. The molecule has 24 heavy (non-hydrogen) atoms. The second kappa shape index (κ2) is 8.85. The largest absolute Gasteiger partial charge is 0.491 e. The maximum Gasteiger partial charge on any atom is 0.246 e. The molecule has 1 fully saturated rings. The molecule has 5 heteroatoms. The molecule has 0 aromatic heterocycles. The minimum absolute atomic E-state index is 0.0395. The Kier molecular flexibility index (Phi) is 6.82. The Morgan fingerprint density at radius 3 is 2.75 bits per heavy atom. The molecule has 1 aromatic carbocycles. The summed E-state index contributed by atoms with van der Waals surface area (Å²) in [5.41, 5.74) is -0.445. The number of hydrogen-bond acceptors (Lipinski definition) is 4. The van der Waals surface area contributed by atoms with E-state index >= 15 is 0 Å². The summed E-state index contributed by atoms with van der Waals surface area (Å²) in [6, 6.07) is 9.71. The van der Waals surface area contributed by atoms with Crippen LogP contribution >= 0.6 is 0 Å². The number of likely N-dealkylation sites (N-methyl/N-ethyl adjacent to an activating group) is 1. The van der Waals surface area contributed by atoms with Crippen LogP contribution in [0.5, 0.6) is 5.75 Å². The average Bonchev–Trinajstić information content (AvgIpc) is 2.60. The van der Waals surface area contributed by atoms with Crippen LogP contribution in [0.25, 0.3) is 0 Å². The number of nitrogens with zero attached hydrogens (tertiary/aromatic N) is 2. The summed E-state index contributed by atoms with van der Waals surface area (Å²) in [4.78, 5) is 16.3. The number of methoxy groups -OCH3 is 1. The van der Waals surface area contributed by atoms with Crippen molar-refractivity contribution in [1.29, 1.82) is 0 Å². The van der Waals surface area contributed by atoms with Crippen LogP contribution in [0, 0.1) is 0 Å². The zero-order chi connectivity index (χ0) is 17.4. The number of likely N-dealkylation sites (tertiary alicyclic amines) is 1. The first-order valence-corrected chi connectivity index (χ1v) is 8.38. The SMILES string of the molecule is COC1(COc2ccccc2)CCCN(C(=O)C=CCN(C)C)C1. The summed E-state index contributed by atoms with van der Waals surface area (Å²) >= 11 is 0. The van der Waals surface area contributed by atoms with E-state index in [1.165, 1.54) is 0 Å². The van der Waals surface area contributed by atoms with Gasteiger partial charge in [-0.2, -0.15) is 0 Å². The first-order chi connectivity index (χ1) is 11.5. The molecular formula is C19H28N2O3. The summed E-state index contributed by atoms with van der Waals surface area (Å²) in [5.74, 6) is 0.862. The lowest BCUT2D eigenvalue weighted by Gasteiger charge is -2.41. The lowest BCUT2D eigenvalue weighted by Crippen LogP contribution is -2.54. The van der Waals surface area contributed by atoms with Crippen molar-refractivity contribution in [2.75, 3.05) is 47.4 Å². The van der Waals surface area contributed by atoms with Crippen molar-refractivity contribution in [3.8, 4) is 5.75 Å². The molecule has 132 valence electrons. The van der Waals surface area contributed by atoms with Gasteiger partial charge in [0.15, 0.2) is 0 Å². The lowest BCUT2D eigenvalue weighted by molar-refractivity contribution is -0.138. The van der Waals surface area contributed by atoms with Gasteiger partial charge in [0.05, 0.1) is 6.54 Å². The second-order valence-corrected chi connectivity index (χ2v) is 6.52. The molecule has 0 bridgehead atoms. The van der Waals surface area contributed by atoms with Crippen molar-refractivity contribution in [2.24, 2.45) is 0 Å². The fraction of sp³-hybridized carbons (Fsp3) is 0.526. The van der Waals surface area contributed by atoms with E-state index in [1.54, 1.807) is 13.2 Å². The van der Waals surface area contributed by atoms with Gasteiger partial charge in [0.25, 0.3) is 0 Å². The molecule has 5 nitrogen and oxygen atoms in total. The Labute approximate surface area is 144 Å². The molecule has 1 heterocycles. The third-order valence-corrected chi connectivity index (χ3v) is 4.26. The van der Waals surface area contributed by atoms with Crippen LogP contribution in [0.4, 0.5) is 0 Å². The van der Waals surface area contributed by atoms with Gasteiger partial charge in [0.2, 0.25) is 5.91 Å². The van der Waals surface area contributed by atoms with Crippen LogP contribution in [0.1, 0.15) is 12.8 Å². The van der Waals surface area contributed by atoms with E-state index in [4.69, 9.17) is 9.47 Å². The molecular weight excluding hydrogens is 304 g/mol. The fourth-order valence-corrected chi connectivity index (χ4v) is 2.83. The van der Waals surface area contributed by atoms with Gasteiger partial charge in [0, 0.05) is 26.3 Å². The lowest BCUT2D eigenvalue weighted by atomic mass is 9.93. The van der Waals surface area contributed by atoms with Crippen molar-refractivity contribution in [1.82, 2.24) is 9.80 Å². The van der Waals surface area contributed by atoms with Gasteiger partial charge in [-0.1, -0.05) is 24.3 Å². The number of benzene rings is 1. The first kappa shape index (κ1) is 18.5. The summed E-state index contributed by atoms with van der Waals surface area (Å²) < 4.78 is 11.7. The highest BCUT2D eigenvalue weighted by Gasteiger charge is 2.37. The Hall–Kier alpha value is -1.85. The minimum Gasteiger partial charge on any atom is -0.491 e. The highest BCUT2D eigenvalue weighted by molar-refractivity contribution is 5.87. The number of carbonyl (C=O) groups is 1. The van der Waals surface area contributed by atoms with Gasteiger partial charge < -0.3 is 19.3 Å². The van der Waals surface area contributed by atoms with Gasteiger partial charge in [-0.3, -0.25) is 4.79 Å². The van der Waals surface area contributed by atoms with E-state index in [9.17, 15) is 4.79 Å². The van der Waals surface area contributed by atoms with E-state index in [-0.39, 0.29) is 5.91 Å². The fourth-order valence-electron chi connectivity index (χ4n) is 2.83. The molecule has 1 aromatic rings. The Bertz CT molecular complexity index is 545. The molecule has 1 saturated heterocycles. The summed E-state index contributed by atoms with van der Waals surface area (Å²) in [5, 5.41) is 0. The highest BCUT2D eigenvalue weighted by Crippen LogP contribution is 2.26. The Balaban J connectivity index is 1.95.